The van der Waals surface area contributed by atoms with Crippen LogP contribution in [0.15, 0.2) is 84.9 Å². The Balaban J connectivity index is 1.74. The van der Waals surface area contributed by atoms with Gasteiger partial charge in [0.1, 0.15) is 0 Å². The summed E-state index contributed by atoms with van der Waals surface area (Å²) in [4.78, 5) is 0. The third-order valence-electron chi connectivity index (χ3n) is 4.77. The van der Waals surface area contributed by atoms with Crippen molar-refractivity contribution in [3.8, 4) is 0 Å². The molecular formula is C23H21N. The molecule has 0 aliphatic carbocycles. The summed E-state index contributed by atoms with van der Waals surface area (Å²) in [5.74, 6) is 0. The second-order valence-corrected chi connectivity index (χ2v) is 6.31. The number of hydrogen-bond donors (Lipinski definition) is 1. The van der Waals surface area contributed by atoms with Crippen molar-refractivity contribution < 1.29 is 0 Å². The summed E-state index contributed by atoms with van der Waals surface area (Å²) in [5, 5.41) is 8.99. The average molecular weight is 311 g/mol. The summed E-state index contributed by atoms with van der Waals surface area (Å²) in [6, 6.07) is 30.6. The van der Waals surface area contributed by atoms with E-state index < -0.39 is 0 Å². The zero-order chi connectivity index (χ0) is 16.4. The van der Waals surface area contributed by atoms with Gasteiger partial charge in [-0.15, -0.1) is 0 Å². The number of hydrogen-bond acceptors (Lipinski definition) is 1. The smallest absolute Gasteiger partial charge is 0.0294 e. The van der Waals surface area contributed by atoms with E-state index in [9.17, 15) is 0 Å². The van der Waals surface area contributed by atoms with Crippen molar-refractivity contribution in [2.75, 3.05) is 0 Å². The van der Waals surface area contributed by atoms with E-state index in [1.54, 1.807) is 0 Å². The van der Waals surface area contributed by atoms with E-state index in [4.69, 9.17) is 0 Å². The molecule has 1 nitrogen and oxygen atoms in total. The SMILES string of the molecule is C[C@H](NCc1c2ccccc2cc2ccccc12)c1ccccc1. The number of benzene rings is 4. The van der Waals surface area contributed by atoms with Crippen molar-refractivity contribution in [1.29, 1.82) is 0 Å². The molecule has 0 unspecified atom stereocenters. The number of nitrogens with one attached hydrogen (secondary N) is 1. The molecule has 4 rings (SSSR count). The molecule has 4 aromatic carbocycles. The lowest BCUT2D eigenvalue weighted by Gasteiger charge is -2.17. The van der Waals surface area contributed by atoms with Crippen molar-refractivity contribution in [3.05, 3.63) is 96.1 Å². The molecule has 0 fully saturated rings. The molecule has 0 saturated heterocycles. The van der Waals surface area contributed by atoms with Gasteiger partial charge in [0.2, 0.25) is 0 Å². The van der Waals surface area contributed by atoms with E-state index in [2.05, 4.69) is 97.2 Å². The van der Waals surface area contributed by atoms with Gasteiger partial charge in [-0.3, -0.25) is 0 Å². The maximum atomic E-state index is 3.70. The highest BCUT2D eigenvalue weighted by atomic mass is 14.9. The van der Waals surface area contributed by atoms with Crippen molar-refractivity contribution in [2.45, 2.75) is 19.5 Å². The normalized spacial score (nSPS) is 12.5. The summed E-state index contributed by atoms with van der Waals surface area (Å²) in [6.07, 6.45) is 0. The average Bonchev–Trinajstić information content (AvgIpc) is 2.65. The molecule has 1 heteroatoms. The minimum atomic E-state index is 0.323. The van der Waals surface area contributed by atoms with Crippen LogP contribution in [0.4, 0.5) is 0 Å². The minimum absolute atomic E-state index is 0.323. The Hall–Kier alpha value is -2.64. The second-order valence-electron chi connectivity index (χ2n) is 6.31. The zero-order valence-electron chi connectivity index (χ0n) is 13.9. The Morgan fingerprint density at radius 1 is 0.708 bits per heavy atom. The molecule has 0 bridgehead atoms. The number of rotatable bonds is 4. The van der Waals surface area contributed by atoms with Crippen LogP contribution in [0.3, 0.4) is 0 Å². The van der Waals surface area contributed by atoms with E-state index in [0.29, 0.717) is 6.04 Å². The molecule has 0 spiro atoms. The molecule has 0 aliphatic heterocycles. The lowest BCUT2D eigenvalue weighted by Crippen LogP contribution is -2.18. The molecule has 0 aliphatic rings. The van der Waals surface area contributed by atoms with Crippen molar-refractivity contribution >= 4 is 21.5 Å². The Kier molecular flexibility index (Phi) is 4.02. The van der Waals surface area contributed by atoms with Crippen LogP contribution in [0.5, 0.6) is 0 Å². The lowest BCUT2D eigenvalue weighted by atomic mass is 9.96. The molecule has 1 N–H and O–H groups in total. The third kappa shape index (κ3) is 2.79. The maximum absolute atomic E-state index is 3.70. The molecule has 0 heterocycles. The first-order valence-corrected chi connectivity index (χ1v) is 8.50. The minimum Gasteiger partial charge on any atom is -0.306 e. The fourth-order valence-electron chi connectivity index (χ4n) is 3.41. The van der Waals surface area contributed by atoms with Gasteiger partial charge in [0.05, 0.1) is 0 Å². The van der Waals surface area contributed by atoms with Gasteiger partial charge in [-0.1, -0.05) is 78.9 Å². The van der Waals surface area contributed by atoms with Crippen LogP contribution in [-0.2, 0) is 6.54 Å². The lowest BCUT2D eigenvalue weighted by molar-refractivity contribution is 0.578. The fourth-order valence-corrected chi connectivity index (χ4v) is 3.41. The van der Waals surface area contributed by atoms with Gasteiger partial charge < -0.3 is 5.32 Å². The highest BCUT2D eigenvalue weighted by molar-refractivity contribution is 6.02. The van der Waals surface area contributed by atoms with E-state index >= 15 is 0 Å². The Labute approximate surface area is 142 Å². The van der Waals surface area contributed by atoms with Crippen LogP contribution >= 0.6 is 0 Å². The van der Waals surface area contributed by atoms with Crippen molar-refractivity contribution in [1.82, 2.24) is 5.32 Å². The van der Waals surface area contributed by atoms with Crippen LogP contribution in [0.25, 0.3) is 21.5 Å². The van der Waals surface area contributed by atoms with Crippen LogP contribution < -0.4 is 5.32 Å². The fraction of sp³-hybridized carbons (Fsp3) is 0.130. The molecular weight excluding hydrogens is 290 g/mol. The molecule has 1 atom stereocenters. The van der Waals surface area contributed by atoms with Crippen molar-refractivity contribution in [3.63, 3.8) is 0 Å². The maximum Gasteiger partial charge on any atom is 0.0294 e. The third-order valence-corrected chi connectivity index (χ3v) is 4.77. The first-order chi connectivity index (χ1) is 11.8. The summed E-state index contributed by atoms with van der Waals surface area (Å²) in [7, 11) is 0. The molecule has 4 aromatic rings. The van der Waals surface area contributed by atoms with E-state index in [1.165, 1.54) is 32.7 Å². The largest absolute Gasteiger partial charge is 0.306 e. The molecule has 0 amide bonds. The van der Waals surface area contributed by atoms with Crippen LogP contribution in [-0.4, -0.2) is 0 Å². The van der Waals surface area contributed by atoms with Crippen LogP contribution in [0.2, 0.25) is 0 Å². The van der Waals surface area contributed by atoms with Gasteiger partial charge in [0.15, 0.2) is 0 Å². The second kappa shape index (κ2) is 6.46. The van der Waals surface area contributed by atoms with Gasteiger partial charge in [-0.2, -0.15) is 0 Å². The predicted octanol–water partition coefficient (Wildman–Crippen LogP) is 5.84. The topological polar surface area (TPSA) is 12.0 Å². The first kappa shape index (κ1) is 14.9. The van der Waals surface area contributed by atoms with E-state index in [0.717, 1.165) is 6.54 Å². The first-order valence-electron chi connectivity index (χ1n) is 8.50. The molecule has 0 aromatic heterocycles. The van der Waals surface area contributed by atoms with E-state index in [1.807, 2.05) is 0 Å². The monoisotopic (exact) mass is 311 g/mol. The van der Waals surface area contributed by atoms with E-state index in [-0.39, 0.29) is 0 Å². The van der Waals surface area contributed by atoms with Gasteiger partial charge in [0.25, 0.3) is 0 Å². The Morgan fingerprint density at radius 3 is 1.88 bits per heavy atom. The molecule has 0 radical (unpaired) electrons. The molecule has 118 valence electrons. The summed E-state index contributed by atoms with van der Waals surface area (Å²) in [5.41, 5.74) is 2.70. The van der Waals surface area contributed by atoms with Crippen molar-refractivity contribution in [2.24, 2.45) is 0 Å². The molecule has 24 heavy (non-hydrogen) atoms. The van der Waals surface area contributed by atoms with Gasteiger partial charge in [0, 0.05) is 12.6 Å². The molecule has 0 saturated carbocycles. The van der Waals surface area contributed by atoms with Gasteiger partial charge in [-0.05, 0) is 45.7 Å². The summed E-state index contributed by atoms with van der Waals surface area (Å²) >= 11 is 0. The summed E-state index contributed by atoms with van der Waals surface area (Å²) < 4.78 is 0. The highest BCUT2D eigenvalue weighted by Gasteiger charge is 2.09. The Morgan fingerprint density at radius 2 is 1.25 bits per heavy atom. The number of fused-ring (bicyclic) bond motifs is 2. The predicted molar refractivity (Wildman–Crippen MR) is 103 cm³/mol. The van der Waals surface area contributed by atoms with Gasteiger partial charge in [-0.25, -0.2) is 0 Å². The van der Waals surface area contributed by atoms with Gasteiger partial charge >= 0.3 is 0 Å². The quantitative estimate of drug-likeness (QED) is 0.467. The Bertz CT molecular complexity index is 919. The van der Waals surface area contributed by atoms with Crippen LogP contribution in [0.1, 0.15) is 24.1 Å². The zero-order valence-corrected chi connectivity index (χ0v) is 13.9. The standard InChI is InChI=1S/C23H21N/c1-17(18-9-3-2-4-10-18)24-16-23-21-13-7-5-11-19(21)15-20-12-6-8-14-22(20)23/h2-15,17,24H,16H2,1H3/t17-/m0/s1. The summed E-state index contributed by atoms with van der Waals surface area (Å²) in [6.45, 7) is 3.08. The highest BCUT2D eigenvalue weighted by Crippen LogP contribution is 2.29. The van der Waals surface area contributed by atoms with Crippen LogP contribution in [0, 0.1) is 0 Å².